The maximum atomic E-state index is 12.4. The van der Waals surface area contributed by atoms with Crippen molar-refractivity contribution in [2.24, 2.45) is 0 Å². The molecule has 0 saturated carbocycles. The average Bonchev–Trinajstić information content (AvgIpc) is 3.31. The van der Waals surface area contributed by atoms with Gasteiger partial charge in [0.2, 0.25) is 5.91 Å². The van der Waals surface area contributed by atoms with Crippen LogP contribution in [0.5, 0.6) is 0 Å². The average molecular weight is 341 g/mol. The first-order valence-electron chi connectivity index (χ1n) is 8.88. The molecule has 0 aliphatic carbocycles. The van der Waals surface area contributed by atoms with Crippen LogP contribution >= 0.6 is 0 Å². The Morgan fingerprint density at radius 3 is 3.04 bits per heavy atom. The van der Waals surface area contributed by atoms with Crippen molar-refractivity contribution in [3.63, 3.8) is 0 Å². The van der Waals surface area contributed by atoms with Crippen molar-refractivity contribution in [2.45, 2.75) is 50.6 Å². The lowest BCUT2D eigenvalue weighted by Crippen LogP contribution is -2.47. The topological polar surface area (TPSA) is 67.6 Å². The number of likely N-dealkylation sites (tertiary alicyclic amines) is 1. The van der Waals surface area contributed by atoms with Crippen molar-refractivity contribution in [3.05, 3.63) is 54.2 Å². The van der Waals surface area contributed by atoms with Gasteiger partial charge in [-0.3, -0.25) is 14.7 Å². The van der Waals surface area contributed by atoms with E-state index in [-0.39, 0.29) is 18.1 Å². The van der Waals surface area contributed by atoms with Crippen LogP contribution in [0.3, 0.4) is 0 Å². The molecule has 0 spiro atoms. The summed E-state index contributed by atoms with van der Waals surface area (Å²) < 4.78 is 11.6. The molecule has 0 unspecified atom stereocenters. The number of ether oxygens (including phenoxy) is 1. The third kappa shape index (κ3) is 3.75. The summed E-state index contributed by atoms with van der Waals surface area (Å²) in [5.74, 6) is 0.962. The van der Waals surface area contributed by atoms with Gasteiger partial charge in [0, 0.05) is 31.5 Å². The monoisotopic (exact) mass is 341 g/mol. The van der Waals surface area contributed by atoms with Gasteiger partial charge in [0.15, 0.2) is 0 Å². The van der Waals surface area contributed by atoms with Gasteiger partial charge in [-0.05, 0) is 43.0 Å². The van der Waals surface area contributed by atoms with E-state index in [4.69, 9.17) is 9.15 Å². The quantitative estimate of drug-likeness (QED) is 0.902. The van der Waals surface area contributed by atoms with E-state index in [2.05, 4.69) is 15.2 Å². The minimum absolute atomic E-state index is 0.0215. The van der Waals surface area contributed by atoms with Crippen LogP contribution in [0.2, 0.25) is 0 Å². The zero-order chi connectivity index (χ0) is 17.1. The first-order chi connectivity index (χ1) is 12.3. The summed E-state index contributed by atoms with van der Waals surface area (Å²) in [5, 5.41) is 2.96. The second-order valence-electron chi connectivity index (χ2n) is 6.73. The lowest BCUT2D eigenvalue weighted by molar-refractivity contribution is -0.144. The van der Waals surface area contributed by atoms with Gasteiger partial charge in [0.25, 0.3) is 0 Å². The van der Waals surface area contributed by atoms with Crippen LogP contribution in [0.4, 0.5) is 0 Å². The predicted octanol–water partition coefficient (Wildman–Crippen LogP) is 2.11. The van der Waals surface area contributed by atoms with Crippen molar-refractivity contribution in [2.75, 3.05) is 6.54 Å². The fourth-order valence-corrected chi connectivity index (χ4v) is 3.81. The zero-order valence-corrected chi connectivity index (χ0v) is 14.1. The Morgan fingerprint density at radius 1 is 1.28 bits per heavy atom. The summed E-state index contributed by atoms with van der Waals surface area (Å²) in [6.45, 7) is 2.29. The molecule has 6 heteroatoms. The van der Waals surface area contributed by atoms with E-state index < -0.39 is 0 Å². The molecule has 2 aliphatic heterocycles. The molecule has 0 bridgehead atoms. The minimum atomic E-state index is -0.346. The van der Waals surface area contributed by atoms with Crippen LogP contribution in [0.1, 0.15) is 30.6 Å². The van der Waals surface area contributed by atoms with E-state index in [1.807, 2.05) is 24.3 Å². The minimum Gasteiger partial charge on any atom is -0.468 e. The molecule has 0 aromatic carbocycles. The Kier molecular flexibility index (Phi) is 4.81. The molecule has 2 aromatic rings. The summed E-state index contributed by atoms with van der Waals surface area (Å²) in [5.41, 5.74) is 0.995. The molecule has 4 rings (SSSR count). The van der Waals surface area contributed by atoms with Gasteiger partial charge in [0.1, 0.15) is 11.9 Å². The Hall–Kier alpha value is -2.18. The number of furan rings is 1. The first-order valence-corrected chi connectivity index (χ1v) is 8.88. The zero-order valence-electron chi connectivity index (χ0n) is 14.1. The summed E-state index contributed by atoms with van der Waals surface area (Å²) in [6.07, 6.45) is 7.71. The Morgan fingerprint density at radius 2 is 2.24 bits per heavy atom. The van der Waals surface area contributed by atoms with Gasteiger partial charge >= 0.3 is 0 Å². The number of rotatable bonds is 5. The summed E-state index contributed by atoms with van der Waals surface area (Å²) >= 11 is 0. The molecule has 2 aromatic heterocycles. The molecule has 1 amide bonds. The lowest BCUT2D eigenvalue weighted by Gasteiger charge is -2.35. The second kappa shape index (κ2) is 7.37. The Bertz CT molecular complexity index is 689. The van der Waals surface area contributed by atoms with E-state index in [0.717, 1.165) is 43.7 Å². The van der Waals surface area contributed by atoms with Crippen LogP contribution < -0.4 is 5.32 Å². The smallest absolute Gasteiger partial charge is 0.249 e. The predicted molar refractivity (Wildman–Crippen MR) is 91.5 cm³/mol. The number of pyridine rings is 1. The van der Waals surface area contributed by atoms with Gasteiger partial charge in [0.05, 0.1) is 18.9 Å². The standard InChI is InChI=1S/C19H23N3O3/c23-19(21-12-14-3-1-8-20-11-14)18-6-5-16-17(25-18)7-9-22(16)13-15-4-2-10-24-15/h1-4,8,10-11,16-18H,5-7,9,12-13H2,(H,21,23)/t16-,17-,18-/m0/s1. The normalized spacial score (nSPS) is 26.3. The molecule has 132 valence electrons. The largest absolute Gasteiger partial charge is 0.468 e. The van der Waals surface area contributed by atoms with Crippen LogP contribution in [-0.4, -0.2) is 40.6 Å². The third-order valence-electron chi connectivity index (χ3n) is 5.08. The van der Waals surface area contributed by atoms with Crippen LogP contribution in [0.25, 0.3) is 0 Å². The molecule has 6 nitrogen and oxygen atoms in total. The van der Waals surface area contributed by atoms with Gasteiger partial charge in [-0.1, -0.05) is 6.07 Å². The molecule has 25 heavy (non-hydrogen) atoms. The van der Waals surface area contributed by atoms with E-state index in [1.54, 1.807) is 18.7 Å². The SMILES string of the molecule is O=C(NCc1cccnc1)[C@@H]1CC[C@H]2[C@H](CCN2Cc2ccco2)O1. The second-order valence-corrected chi connectivity index (χ2v) is 6.73. The number of nitrogens with zero attached hydrogens (tertiary/aromatic N) is 2. The highest BCUT2D eigenvalue weighted by Gasteiger charge is 2.41. The van der Waals surface area contributed by atoms with E-state index >= 15 is 0 Å². The van der Waals surface area contributed by atoms with Crippen molar-refractivity contribution in [1.29, 1.82) is 0 Å². The fraction of sp³-hybridized carbons (Fsp3) is 0.474. The first kappa shape index (κ1) is 16.3. The molecule has 0 radical (unpaired) electrons. The van der Waals surface area contributed by atoms with Crippen molar-refractivity contribution < 1.29 is 13.9 Å². The van der Waals surface area contributed by atoms with Crippen molar-refractivity contribution >= 4 is 5.91 Å². The van der Waals surface area contributed by atoms with Gasteiger partial charge in [-0.15, -0.1) is 0 Å². The van der Waals surface area contributed by atoms with E-state index in [1.165, 1.54) is 0 Å². The molecule has 1 N–H and O–H groups in total. The maximum absolute atomic E-state index is 12.4. The molecule has 2 fully saturated rings. The number of hydrogen-bond acceptors (Lipinski definition) is 5. The summed E-state index contributed by atoms with van der Waals surface area (Å²) in [6, 6.07) is 8.13. The van der Waals surface area contributed by atoms with E-state index in [9.17, 15) is 4.79 Å². The number of nitrogens with one attached hydrogen (secondary N) is 1. The van der Waals surface area contributed by atoms with Gasteiger partial charge < -0.3 is 14.5 Å². The fourth-order valence-electron chi connectivity index (χ4n) is 3.81. The number of hydrogen-bond donors (Lipinski definition) is 1. The molecule has 4 heterocycles. The molecule has 3 atom stereocenters. The highest BCUT2D eigenvalue weighted by molar-refractivity contribution is 5.80. The third-order valence-corrected chi connectivity index (χ3v) is 5.08. The van der Waals surface area contributed by atoms with Gasteiger partial charge in [-0.25, -0.2) is 0 Å². The number of carbonyl (C=O) groups is 1. The van der Waals surface area contributed by atoms with Crippen LogP contribution in [0.15, 0.2) is 47.3 Å². The maximum Gasteiger partial charge on any atom is 0.249 e. The van der Waals surface area contributed by atoms with Crippen LogP contribution in [-0.2, 0) is 22.6 Å². The number of fused-ring (bicyclic) bond motifs is 1. The molecule has 2 aliphatic rings. The molecular formula is C19H23N3O3. The van der Waals surface area contributed by atoms with Crippen molar-refractivity contribution in [3.8, 4) is 0 Å². The lowest BCUT2D eigenvalue weighted by atomic mass is 9.98. The summed E-state index contributed by atoms with van der Waals surface area (Å²) in [7, 11) is 0. The Balaban J connectivity index is 1.29. The van der Waals surface area contributed by atoms with E-state index in [0.29, 0.717) is 12.6 Å². The van der Waals surface area contributed by atoms with Crippen LogP contribution in [0, 0.1) is 0 Å². The number of aromatic nitrogens is 1. The molecule has 2 saturated heterocycles. The highest BCUT2D eigenvalue weighted by Crippen LogP contribution is 2.32. The van der Waals surface area contributed by atoms with Gasteiger partial charge in [-0.2, -0.15) is 0 Å². The molecular weight excluding hydrogens is 318 g/mol. The Labute approximate surface area is 147 Å². The summed E-state index contributed by atoms with van der Waals surface area (Å²) in [4.78, 5) is 18.9. The number of carbonyl (C=O) groups excluding carboxylic acids is 1. The van der Waals surface area contributed by atoms with Crippen molar-refractivity contribution in [1.82, 2.24) is 15.2 Å². The highest BCUT2D eigenvalue weighted by atomic mass is 16.5. The number of amides is 1.